The third-order valence-corrected chi connectivity index (χ3v) is 2.08. The van der Waals surface area contributed by atoms with E-state index in [4.69, 9.17) is 15.3 Å². The van der Waals surface area contributed by atoms with Crippen molar-refractivity contribution in [2.45, 2.75) is 32.1 Å². The van der Waals surface area contributed by atoms with Gasteiger partial charge in [-0.25, -0.2) is 0 Å². The monoisotopic (exact) mass is 176 g/mol. The number of rotatable bonds is 2. The van der Waals surface area contributed by atoms with Gasteiger partial charge in [-0.1, -0.05) is 19.3 Å². The second-order valence-corrected chi connectivity index (χ2v) is 3.13. The van der Waals surface area contributed by atoms with E-state index in [1.807, 2.05) is 0 Å². The molecule has 3 nitrogen and oxygen atoms in total. The molecule has 1 fully saturated rings. The fourth-order valence-electron chi connectivity index (χ4n) is 1.37. The molecular formula is C9H20O3. The van der Waals surface area contributed by atoms with Gasteiger partial charge in [0.25, 0.3) is 0 Å². The summed E-state index contributed by atoms with van der Waals surface area (Å²) in [5.41, 5.74) is 0. The molecular weight excluding hydrogens is 156 g/mol. The number of aliphatic hydroxyl groups is 3. The smallest absolute Gasteiger partial charge is 0.0662 e. The standard InChI is InChI=1S/C7H14O.C2H6O2/c8-6-7-4-2-1-3-5-7;3-1-2-4/h7-8H,1-6H2;3-4H,1-2H2. The molecule has 3 heteroatoms. The Morgan fingerprint density at radius 2 is 1.33 bits per heavy atom. The number of hydrogen-bond acceptors (Lipinski definition) is 3. The molecule has 1 saturated carbocycles. The van der Waals surface area contributed by atoms with Gasteiger partial charge in [-0.05, 0) is 18.8 Å². The van der Waals surface area contributed by atoms with Crippen molar-refractivity contribution in [3.63, 3.8) is 0 Å². The molecule has 0 unspecified atom stereocenters. The molecule has 74 valence electrons. The first-order valence-corrected chi connectivity index (χ1v) is 4.67. The third kappa shape index (κ3) is 6.58. The zero-order valence-electron chi connectivity index (χ0n) is 7.58. The van der Waals surface area contributed by atoms with Crippen molar-refractivity contribution in [3.05, 3.63) is 0 Å². The minimum Gasteiger partial charge on any atom is -0.396 e. The second-order valence-electron chi connectivity index (χ2n) is 3.13. The van der Waals surface area contributed by atoms with Crippen LogP contribution in [0.1, 0.15) is 32.1 Å². The maximum atomic E-state index is 8.69. The lowest BCUT2D eigenvalue weighted by Crippen LogP contribution is -2.09. The molecule has 0 radical (unpaired) electrons. The van der Waals surface area contributed by atoms with Gasteiger partial charge in [-0.3, -0.25) is 0 Å². The molecule has 0 heterocycles. The summed E-state index contributed by atoms with van der Waals surface area (Å²) in [6.07, 6.45) is 6.58. The lowest BCUT2D eigenvalue weighted by Gasteiger charge is -2.18. The van der Waals surface area contributed by atoms with Crippen molar-refractivity contribution in [2.75, 3.05) is 19.8 Å². The van der Waals surface area contributed by atoms with Gasteiger partial charge >= 0.3 is 0 Å². The van der Waals surface area contributed by atoms with Crippen molar-refractivity contribution in [3.8, 4) is 0 Å². The minimum atomic E-state index is -0.125. The van der Waals surface area contributed by atoms with Crippen molar-refractivity contribution < 1.29 is 15.3 Å². The molecule has 0 aliphatic heterocycles. The maximum absolute atomic E-state index is 8.69. The van der Waals surface area contributed by atoms with E-state index in [1.165, 1.54) is 32.1 Å². The van der Waals surface area contributed by atoms with E-state index in [0.717, 1.165) is 0 Å². The first-order chi connectivity index (χ1) is 5.85. The van der Waals surface area contributed by atoms with Crippen molar-refractivity contribution in [1.82, 2.24) is 0 Å². The number of aliphatic hydroxyl groups excluding tert-OH is 3. The Bertz CT molecular complexity index is 77.8. The Labute approximate surface area is 74.0 Å². The zero-order valence-corrected chi connectivity index (χ0v) is 7.58. The highest BCUT2D eigenvalue weighted by Crippen LogP contribution is 2.22. The number of hydrogen-bond donors (Lipinski definition) is 3. The lowest BCUT2D eigenvalue weighted by molar-refractivity contribution is 0.186. The van der Waals surface area contributed by atoms with E-state index in [-0.39, 0.29) is 13.2 Å². The van der Waals surface area contributed by atoms with E-state index < -0.39 is 0 Å². The van der Waals surface area contributed by atoms with E-state index in [1.54, 1.807) is 0 Å². The summed E-state index contributed by atoms with van der Waals surface area (Å²) in [5, 5.41) is 23.9. The molecule has 0 saturated heterocycles. The molecule has 0 aromatic rings. The normalized spacial score (nSPS) is 18.2. The Morgan fingerprint density at radius 3 is 1.58 bits per heavy atom. The van der Waals surface area contributed by atoms with Gasteiger partial charge in [0.05, 0.1) is 13.2 Å². The molecule has 0 bridgehead atoms. The summed E-state index contributed by atoms with van der Waals surface area (Å²) in [6.45, 7) is 0.167. The van der Waals surface area contributed by atoms with Crippen LogP contribution in [0, 0.1) is 5.92 Å². The highest BCUT2D eigenvalue weighted by Gasteiger charge is 2.10. The van der Waals surface area contributed by atoms with Gasteiger partial charge < -0.3 is 15.3 Å². The van der Waals surface area contributed by atoms with Crippen LogP contribution in [0.2, 0.25) is 0 Å². The van der Waals surface area contributed by atoms with E-state index in [0.29, 0.717) is 12.5 Å². The summed E-state index contributed by atoms with van der Waals surface area (Å²) in [5.74, 6) is 0.642. The summed E-state index contributed by atoms with van der Waals surface area (Å²) >= 11 is 0. The summed E-state index contributed by atoms with van der Waals surface area (Å²) < 4.78 is 0. The van der Waals surface area contributed by atoms with Gasteiger partial charge in [-0.15, -0.1) is 0 Å². The predicted molar refractivity (Wildman–Crippen MR) is 47.8 cm³/mol. The maximum Gasteiger partial charge on any atom is 0.0662 e. The van der Waals surface area contributed by atoms with Crippen LogP contribution < -0.4 is 0 Å². The van der Waals surface area contributed by atoms with Crippen LogP contribution in [0.5, 0.6) is 0 Å². The highest BCUT2D eigenvalue weighted by atomic mass is 16.3. The fourth-order valence-corrected chi connectivity index (χ4v) is 1.37. The second kappa shape index (κ2) is 8.97. The zero-order chi connectivity index (χ0) is 9.23. The summed E-state index contributed by atoms with van der Waals surface area (Å²) in [6, 6.07) is 0. The minimum absolute atomic E-state index is 0.125. The largest absolute Gasteiger partial charge is 0.396 e. The van der Waals surface area contributed by atoms with Crippen molar-refractivity contribution in [1.29, 1.82) is 0 Å². The van der Waals surface area contributed by atoms with E-state index >= 15 is 0 Å². The topological polar surface area (TPSA) is 60.7 Å². The highest BCUT2D eigenvalue weighted by molar-refractivity contribution is 4.63. The van der Waals surface area contributed by atoms with Crippen LogP contribution in [0.25, 0.3) is 0 Å². The summed E-state index contributed by atoms with van der Waals surface area (Å²) in [7, 11) is 0. The van der Waals surface area contributed by atoms with Gasteiger partial charge in [0, 0.05) is 6.61 Å². The van der Waals surface area contributed by atoms with Crippen LogP contribution in [-0.4, -0.2) is 35.1 Å². The summed E-state index contributed by atoms with van der Waals surface area (Å²) in [4.78, 5) is 0. The van der Waals surface area contributed by atoms with Gasteiger partial charge in [-0.2, -0.15) is 0 Å². The Kier molecular flexibility index (Phi) is 8.88. The third-order valence-electron chi connectivity index (χ3n) is 2.08. The average molecular weight is 176 g/mol. The van der Waals surface area contributed by atoms with Crippen LogP contribution in [0.15, 0.2) is 0 Å². The predicted octanol–water partition coefficient (Wildman–Crippen LogP) is 0.530. The quantitative estimate of drug-likeness (QED) is 0.575. The van der Waals surface area contributed by atoms with Gasteiger partial charge in [0.2, 0.25) is 0 Å². The lowest BCUT2D eigenvalue weighted by atomic mass is 9.90. The van der Waals surface area contributed by atoms with Crippen LogP contribution in [0.3, 0.4) is 0 Å². The van der Waals surface area contributed by atoms with Gasteiger partial charge in [0.1, 0.15) is 0 Å². The molecule has 0 aromatic heterocycles. The molecule has 1 aliphatic rings. The fraction of sp³-hybridized carbons (Fsp3) is 1.00. The average Bonchev–Trinajstić information content (AvgIpc) is 2.19. The Hall–Kier alpha value is -0.120. The SMILES string of the molecule is OCC1CCCCC1.OCCO. The molecule has 0 spiro atoms. The van der Waals surface area contributed by atoms with E-state index in [2.05, 4.69) is 0 Å². The van der Waals surface area contributed by atoms with Crippen LogP contribution >= 0.6 is 0 Å². The van der Waals surface area contributed by atoms with Gasteiger partial charge in [0.15, 0.2) is 0 Å². The van der Waals surface area contributed by atoms with Crippen LogP contribution in [0.4, 0.5) is 0 Å². The molecule has 1 aliphatic carbocycles. The first-order valence-electron chi connectivity index (χ1n) is 4.67. The molecule has 1 rings (SSSR count). The first kappa shape index (κ1) is 11.9. The van der Waals surface area contributed by atoms with E-state index in [9.17, 15) is 0 Å². The molecule has 3 N–H and O–H groups in total. The van der Waals surface area contributed by atoms with Crippen molar-refractivity contribution >= 4 is 0 Å². The molecule has 0 aromatic carbocycles. The van der Waals surface area contributed by atoms with Crippen LogP contribution in [-0.2, 0) is 0 Å². The Morgan fingerprint density at radius 1 is 0.833 bits per heavy atom. The Balaban J connectivity index is 0.000000261. The van der Waals surface area contributed by atoms with Crippen molar-refractivity contribution in [2.24, 2.45) is 5.92 Å². The molecule has 0 amide bonds. The molecule has 12 heavy (non-hydrogen) atoms. The molecule has 0 atom stereocenters.